The molecule has 0 amide bonds. The van der Waals surface area contributed by atoms with Crippen LogP contribution in [0.2, 0.25) is 5.02 Å². The second-order valence-electron chi connectivity index (χ2n) is 5.19. The highest BCUT2D eigenvalue weighted by atomic mass is 35.5. The van der Waals surface area contributed by atoms with E-state index in [1.54, 1.807) is 24.4 Å². The molecule has 6 nitrogen and oxygen atoms in total. The zero-order valence-electron chi connectivity index (χ0n) is 13.5. The first-order chi connectivity index (χ1) is 13.2. The monoisotopic (exact) mass is 400 g/mol. The third kappa shape index (κ3) is 4.24. The van der Waals surface area contributed by atoms with Crippen molar-refractivity contribution < 1.29 is 13.5 Å². The standard InChI is InChI=1S/C18H10ClFN4O2S/c19-14-4-2-1-3-13(14)16-23-24-18(26-16)27-17-21-10-9-15(22-17)25-12-7-5-11(20)6-8-12/h1-10H. The van der Waals surface area contributed by atoms with Crippen LogP contribution in [0, 0.1) is 5.82 Å². The van der Waals surface area contributed by atoms with E-state index in [-0.39, 0.29) is 11.0 Å². The Labute approximate surface area is 162 Å². The van der Waals surface area contributed by atoms with Gasteiger partial charge < -0.3 is 9.15 Å². The Morgan fingerprint density at radius 1 is 1.00 bits per heavy atom. The molecule has 27 heavy (non-hydrogen) atoms. The van der Waals surface area contributed by atoms with Crippen LogP contribution >= 0.6 is 23.4 Å². The lowest BCUT2D eigenvalue weighted by Crippen LogP contribution is -1.91. The first-order valence-corrected chi connectivity index (χ1v) is 8.89. The second-order valence-corrected chi connectivity index (χ2v) is 6.51. The van der Waals surface area contributed by atoms with Gasteiger partial charge in [-0.25, -0.2) is 9.37 Å². The molecule has 4 aromatic rings. The summed E-state index contributed by atoms with van der Waals surface area (Å²) in [7, 11) is 0. The number of benzene rings is 2. The van der Waals surface area contributed by atoms with Gasteiger partial charge in [0, 0.05) is 24.0 Å². The summed E-state index contributed by atoms with van der Waals surface area (Å²) in [6.07, 6.45) is 1.54. The highest BCUT2D eigenvalue weighted by molar-refractivity contribution is 7.98. The van der Waals surface area contributed by atoms with Gasteiger partial charge in [-0.05, 0) is 36.4 Å². The maximum Gasteiger partial charge on any atom is 0.284 e. The first kappa shape index (κ1) is 17.4. The molecular formula is C18H10ClFN4O2S. The summed E-state index contributed by atoms with van der Waals surface area (Å²) in [4.78, 5) is 8.42. The summed E-state index contributed by atoms with van der Waals surface area (Å²) in [5, 5.41) is 9.12. The Bertz CT molecular complexity index is 1070. The normalized spacial score (nSPS) is 10.7. The van der Waals surface area contributed by atoms with Crippen LogP contribution in [0.1, 0.15) is 0 Å². The Balaban J connectivity index is 1.50. The van der Waals surface area contributed by atoms with Crippen molar-refractivity contribution in [3.05, 3.63) is 71.6 Å². The van der Waals surface area contributed by atoms with Gasteiger partial charge in [0.2, 0.25) is 11.8 Å². The molecule has 9 heteroatoms. The van der Waals surface area contributed by atoms with Gasteiger partial charge in [0.1, 0.15) is 11.6 Å². The Kier molecular flexibility index (Phi) is 4.99. The lowest BCUT2D eigenvalue weighted by atomic mass is 10.2. The van der Waals surface area contributed by atoms with Crippen molar-refractivity contribution in [1.82, 2.24) is 20.2 Å². The van der Waals surface area contributed by atoms with Gasteiger partial charge >= 0.3 is 0 Å². The molecule has 0 spiro atoms. The van der Waals surface area contributed by atoms with Crippen LogP contribution in [0.4, 0.5) is 4.39 Å². The largest absolute Gasteiger partial charge is 0.439 e. The number of halogens is 2. The molecule has 0 unspecified atom stereocenters. The van der Waals surface area contributed by atoms with Gasteiger partial charge in [0.25, 0.3) is 5.22 Å². The number of nitrogens with zero attached hydrogens (tertiary/aromatic N) is 4. The Hall–Kier alpha value is -2.97. The van der Waals surface area contributed by atoms with Crippen LogP contribution in [0.5, 0.6) is 11.6 Å². The summed E-state index contributed by atoms with van der Waals surface area (Å²) in [5.74, 6) is 0.739. The minimum Gasteiger partial charge on any atom is -0.439 e. The van der Waals surface area contributed by atoms with Gasteiger partial charge in [0.05, 0.1) is 10.6 Å². The van der Waals surface area contributed by atoms with E-state index in [4.69, 9.17) is 20.8 Å². The highest BCUT2D eigenvalue weighted by Crippen LogP contribution is 2.31. The summed E-state index contributed by atoms with van der Waals surface area (Å²) in [5.41, 5.74) is 0.646. The van der Waals surface area contributed by atoms with Gasteiger partial charge in [-0.2, -0.15) is 4.98 Å². The fourth-order valence-electron chi connectivity index (χ4n) is 2.13. The van der Waals surface area contributed by atoms with Gasteiger partial charge in [-0.3, -0.25) is 0 Å². The van der Waals surface area contributed by atoms with E-state index in [1.165, 1.54) is 24.3 Å². The van der Waals surface area contributed by atoms with E-state index in [2.05, 4.69) is 20.2 Å². The van der Waals surface area contributed by atoms with Crippen molar-refractivity contribution in [2.45, 2.75) is 10.4 Å². The molecule has 0 bridgehead atoms. The fourth-order valence-corrected chi connectivity index (χ4v) is 2.95. The van der Waals surface area contributed by atoms with E-state index in [0.717, 1.165) is 11.8 Å². The van der Waals surface area contributed by atoms with Crippen molar-refractivity contribution in [2.75, 3.05) is 0 Å². The minimum absolute atomic E-state index is 0.267. The highest BCUT2D eigenvalue weighted by Gasteiger charge is 2.14. The van der Waals surface area contributed by atoms with E-state index in [9.17, 15) is 4.39 Å². The molecule has 0 aliphatic heterocycles. The van der Waals surface area contributed by atoms with Gasteiger partial charge in [-0.15, -0.1) is 10.2 Å². The van der Waals surface area contributed by atoms with Crippen LogP contribution in [-0.2, 0) is 0 Å². The van der Waals surface area contributed by atoms with Crippen molar-refractivity contribution >= 4 is 23.4 Å². The molecule has 0 aliphatic carbocycles. The van der Waals surface area contributed by atoms with Crippen molar-refractivity contribution in [1.29, 1.82) is 0 Å². The quantitative estimate of drug-likeness (QED) is 0.423. The van der Waals surface area contributed by atoms with Crippen molar-refractivity contribution in [3.8, 4) is 23.1 Å². The van der Waals surface area contributed by atoms with E-state index >= 15 is 0 Å². The topological polar surface area (TPSA) is 73.9 Å². The molecular weight excluding hydrogens is 391 g/mol. The molecule has 134 valence electrons. The molecule has 0 aliphatic rings. The number of aromatic nitrogens is 4. The summed E-state index contributed by atoms with van der Waals surface area (Å²) in [6, 6.07) is 14.4. The minimum atomic E-state index is -0.341. The van der Waals surface area contributed by atoms with Crippen LogP contribution in [0.3, 0.4) is 0 Å². The summed E-state index contributed by atoms with van der Waals surface area (Å²) in [6.45, 7) is 0. The number of hydrogen-bond donors (Lipinski definition) is 0. The fraction of sp³-hybridized carbons (Fsp3) is 0. The zero-order valence-corrected chi connectivity index (χ0v) is 15.1. The number of ether oxygens (including phenoxy) is 1. The second kappa shape index (κ2) is 7.73. The van der Waals surface area contributed by atoms with E-state index in [0.29, 0.717) is 33.3 Å². The van der Waals surface area contributed by atoms with Crippen LogP contribution in [0.25, 0.3) is 11.5 Å². The predicted octanol–water partition coefficient (Wildman–Crippen LogP) is 5.26. The van der Waals surface area contributed by atoms with Gasteiger partial charge in [-0.1, -0.05) is 23.7 Å². The van der Waals surface area contributed by atoms with Crippen LogP contribution < -0.4 is 4.74 Å². The molecule has 0 radical (unpaired) electrons. The maximum absolute atomic E-state index is 13.0. The number of hydrogen-bond acceptors (Lipinski definition) is 7. The van der Waals surface area contributed by atoms with E-state index < -0.39 is 0 Å². The molecule has 2 heterocycles. The third-order valence-corrected chi connectivity index (χ3v) is 4.38. The van der Waals surface area contributed by atoms with Crippen LogP contribution in [-0.4, -0.2) is 20.2 Å². The molecule has 0 N–H and O–H groups in total. The van der Waals surface area contributed by atoms with Gasteiger partial charge in [0.15, 0.2) is 5.16 Å². The maximum atomic E-state index is 13.0. The van der Waals surface area contributed by atoms with Crippen molar-refractivity contribution in [3.63, 3.8) is 0 Å². The van der Waals surface area contributed by atoms with Crippen LogP contribution in [0.15, 0.2) is 75.6 Å². The predicted molar refractivity (Wildman–Crippen MR) is 97.4 cm³/mol. The SMILES string of the molecule is Fc1ccc(Oc2ccnc(Sc3nnc(-c4ccccc4Cl)o3)n2)cc1. The molecule has 0 atom stereocenters. The summed E-state index contributed by atoms with van der Waals surface area (Å²) >= 11 is 7.23. The molecule has 0 fully saturated rings. The molecule has 0 saturated heterocycles. The average molecular weight is 401 g/mol. The average Bonchev–Trinajstić information content (AvgIpc) is 3.12. The zero-order chi connectivity index (χ0) is 18.6. The Morgan fingerprint density at radius 2 is 1.81 bits per heavy atom. The molecule has 2 aromatic heterocycles. The molecule has 0 saturated carbocycles. The number of rotatable bonds is 5. The molecule has 2 aromatic carbocycles. The third-order valence-electron chi connectivity index (χ3n) is 3.33. The van der Waals surface area contributed by atoms with Crippen molar-refractivity contribution in [2.24, 2.45) is 0 Å². The van der Waals surface area contributed by atoms with E-state index in [1.807, 2.05) is 12.1 Å². The smallest absolute Gasteiger partial charge is 0.284 e. The first-order valence-electron chi connectivity index (χ1n) is 7.70. The lowest BCUT2D eigenvalue weighted by molar-refractivity contribution is 0.451. The lowest BCUT2D eigenvalue weighted by Gasteiger charge is -2.04. The Morgan fingerprint density at radius 3 is 2.63 bits per heavy atom. The summed E-state index contributed by atoms with van der Waals surface area (Å²) < 4.78 is 24.2. The molecule has 4 rings (SSSR count).